The monoisotopic (exact) mass is 256 g/mol. The number of hydrogen-bond acceptors (Lipinski definition) is 3. The highest BCUT2D eigenvalue weighted by atomic mass is 16.5. The van der Waals surface area contributed by atoms with Crippen LogP contribution in [-0.4, -0.2) is 50.3 Å². The largest absolute Gasteiger partial charge is 0.380 e. The first-order valence-electron chi connectivity index (χ1n) is 7.59. The van der Waals surface area contributed by atoms with Gasteiger partial charge in [0.25, 0.3) is 0 Å². The summed E-state index contributed by atoms with van der Waals surface area (Å²) in [7, 11) is 0. The summed E-state index contributed by atoms with van der Waals surface area (Å²) in [5, 5.41) is 3.62. The third-order valence-electron chi connectivity index (χ3n) is 3.71. The van der Waals surface area contributed by atoms with E-state index in [9.17, 15) is 0 Å². The lowest BCUT2D eigenvalue weighted by molar-refractivity contribution is 0.121. The Hall–Kier alpha value is -0.120. The molecule has 0 radical (unpaired) electrons. The van der Waals surface area contributed by atoms with E-state index in [2.05, 4.69) is 37.9 Å². The first kappa shape index (κ1) is 15.9. The summed E-state index contributed by atoms with van der Waals surface area (Å²) in [4.78, 5) is 2.59. The zero-order valence-corrected chi connectivity index (χ0v) is 12.8. The van der Waals surface area contributed by atoms with E-state index in [1.807, 2.05) is 0 Å². The zero-order chi connectivity index (χ0) is 13.4. The van der Waals surface area contributed by atoms with Crippen LogP contribution in [0.25, 0.3) is 0 Å². The molecule has 1 N–H and O–H groups in total. The number of nitrogens with zero attached hydrogens (tertiary/aromatic N) is 1. The topological polar surface area (TPSA) is 24.5 Å². The Morgan fingerprint density at radius 3 is 2.72 bits per heavy atom. The quantitative estimate of drug-likeness (QED) is 0.757. The van der Waals surface area contributed by atoms with Crippen LogP contribution in [0.15, 0.2) is 0 Å². The van der Waals surface area contributed by atoms with E-state index in [1.165, 1.54) is 32.4 Å². The molecule has 1 unspecified atom stereocenters. The van der Waals surface area contributed by atoms with Crippen LogP contribution in [0.3, 0.4) is 0 Å². The third kappa shape index (κ3) is 6.17. The predicted molar refractivity (Wildman–Crippen MR) is 78.0 cm³/mol. The van der Waals surface area contributed by atoms with Gasteiger partial charge in [-0.3, -0.25) is 0 Å². The van der Waals surface area contributed by atoms with Crippen LogP contribution in [-0.2, 0) is 4.74 Å². The smallest absolute Gasteiger partial charge is 0.0593 e. The van der Waals surface area contributed by atoms with Crippen molar-refractivity contribution in [1.82, 2.24) is 10.2 Å². The highest BCUT2D eigenvalue weighted by Gasteiger charge is 2.26. The Kier molecular flexibility index (Phi) is 7.20. The molecule has 1 heterocycles. The van der Waals surface area contributed by atoms with Crippen molar-refractivity contribution in [1.29, 1.82) is 0 Å². The maximum absolute atomic E-state index is 5.54. The second-order valence-electron chi connectivity index (χ2n) is 6.34. The number of nitrogens with one attached hydrogen (secondary N) is 1. The Labute approximate surface area is 113 Å². The van der Waals surface area contributed by atoms with E-state index in [-0.39, 0.29) is 0 Å². The first-order valence-corrected chi connectivity index (χ1v) is 7.59. The standard InChI is InChI=1S/C15H32N2O/c1-5-7-15(4,12-16-14(2)3)13-17-8-6-10-18-11-9-17/h14,16H,5-13H2,1-4H3. The Bertz CT molecular complexity index is 213. The normalized spacial score (nSPS) is 21.8. The molecule has 3 nitrogen and oxygen atoms in total. The Balaban J connectivity index is 2.47. The van der Waals surface area contributed by atoms with Crippen LogP contribution in [0.5, 0.6) is 0 Å². The van der Waals surface area contributed by atoms with Crippen LogP contribution in [0.4, 0.5) is 0 Å². The van der Waals surface area contributed by atoms with Gasteiger partial charge in [-0.25, -0.2) is 0 Å². The van der Waals surface area contributed by atoms with E-state index in [4.69, 9.17) is 4.74 Å². The van der Waals surface area contributed by atoms with Gasteiger partial charge in [0.1, 0.15) is 0 Å². The highest BCUT2D eigenvalue weighted by molar-refractivity contribution is 4.82. The number of ether oxygens (including phenoxy) is 1. The van der Waals surface area contributed by atoms with Crippen molar-refractivity contribution in [3.05, 3.63) is 0 Å². The number of hydrogen-bond donors (Lipinski definition) is 1. The maximum Gasteiger partial charge on any atom is 0.0593 e. The molecule has 1 fully saturated rings. The van der Waals surface area contributed by atoms with Crippen molar-refractivity contribution in [3.8, 4) is 0 Å². The average molecular weight is 256 g/mol. The molecular formula is C15H32N2O. The molecule has 1 saturated heterocycles. The van der Waals surface area contributed by atoms with Crippen LogP contribution < -0.4 is 5.32 Å². The van der Waals surface area contributed by atoms with Crippen molar-refractivity contribution in [2.24, 2.45) is 5.41 Å². The molecule has 108 valence electrons. The molecule has 0 amide bonds. The fraction of sp³-hybridized carbons (Fsp3) is 1.00. The molecule has 0 aliphatic carbocycles. The first-order chi connectivity index (χ1) is 8.56. The SMILES string of the molecule is CCCC(C)(CNC(C)C)CN1CCCOCC1. The van der Waals surface area contributed by atoms with Gasteiger partial charge in [-0.15, -0.1) is 0 Å². The van der Waals surface area contributed by atoms with E-state index in [0.717, 1.165) is 26.3 Å². The second kappa shape index (κ2) is 8.13. The third-order valence-corrected chi connectivity index (χ3v) is 3.71. The summed E-state index contributed by atoms with van der Waals surface area (Å²) in [6.45, 7) is 15.6. The predicted octanol–water partition coefficient (Wildman–Crippen LogP) is 2.51. The van der Waals surface area contributed by atoms with Gasteiger partial charge in [0.05, 0.1) is 6.61 Å². The van der Waals surface area contributed by atoms with Crippen molar-refractivity contribution >= 4 is 0 Å². The average Bonchev–Trinajstić information content (AvgIpc) is 2.55. The Morgan fingerprint density at radius 1 is 1.28 bits per heavy atom. The lowest BCUT2D eigenvalue weighted by Gasteiger charge is -2.36. The molecule has 1 atom stereocenters. The van der Waals surface area contributed by atoms with Gasteiger partial charge in [-0.05, 0) is 18.3 Å². The Morgan fingerprint density at radius 2 is 2.06 bits per heavy atom. The van der Waals surface area contributed by atoms with Crippen molar-refractivity contribution in [2.75, 3.05) is 39.4 Å². The van der Waals surface area contributed by atoms with Crippen LogP contribution in [0.1, 0.15) is 47.0 Å². The summed E-state index contributed by atoms with van der Waals surface area (Å²) in [5.41, 5.74) is 0.392. The molecule has 1 rings (SSSR count). The van der Waals surface area contributed by atoms with E-state index in [1.54, 1.807) is 0 Å². The lowest BCUT2D eigenvalue weighted by atomic mass is 9.84. The second-order valence-corrected chi connectivity index (χ2v) is 6.34. The van der Waals surface area contributed by atoms with Crippen molar-refractivity contribution in [3.63, 3.8) is 0 Å². The number of rotatable bonds is 7. The zero-order valence-electron chi connectivity index (χ0n) is 12.8. The van der Waals surface area contributed by atoms with Crippen molar-refractivity contribution in [2.45, 2.75) is 53.0 Å². The van der Waals surface area contributed by atoms with Gasteiger partial charge in [-0.2, -0.15) is 0 Å². The molecular weight excluding hydrogens is 224 g/mol. The molecule has 3 heteroatoms. The molecule has 0 aromatic carbocycles. The minimum absolute atomic E-state index is 0.392. The molecule has 1 aliphatic rings. The minimum atomic E-state index is 0.392. The van der Waals surface area contributed by atoms with Gasteiger partial charge in [0, 0.05) is 38.8 Å². The molecule has 1 aliphatic heterocycles. The van der Waals surface area contributed by atoms with Crippen LogP contribution >= 0.6 is 0 Å². The molecule has 0 saturated carbocycles. The van der Waals surface area contributed by atoms with Crippen LogP contribution in [0, 0.1) is 5.41 Å². The van der Waals surface area contributed by atoms with Gasteiger partial charge >= 0.3 is 0 Å². The summed E-state index contributed by atoms with van der Waals surface area (Å²) >= 11 is 0. The van der Waals surface area contributed by atoms with Gasteiger partial charge in [-0.1, -0.05) is 34.1 Å². The lowest BCUT2D eigenvalue weighted by Crippen LogP contribution is -2.44. The maximum atomic E-state index is 5.54. The van der Waals surface area contributed by atoms with E-state index in [0.29, 0.717) is 11.5 Å². The van der Waals surface area contributed by atoms with Gasteiger partial charge < -0.3 is 15.0 Å². The summed E-state index contributed by atoms with van der Waals surface area (Å²) in [6, 6.07) is 0.577. The van der Waals surface area contributed by atoms with E-state index < -0.39 is 0 Å². The van der Waals surface area contributed by atoms with Gasteiger partial charge in [0.2, 0.25) is 0 Å². The molecule has 0 aromatic heterocycles. The molecule has 0 aromatic rings. The molecule has 18 heavy (non-hydrogen) atoms. The fourth-order valence-corrected chi connectivity index (χ4v) is 2.77. The summed E-state index contributed by atoms with van der Waals surface area (Å²) < 4.78 is 5.54. The van der Waals surface area contributed by atoms with Crippen LogP contribution in [0.2, 0.25) is 0 Å². The van der Waals surface area contributed by atoms with Gasteiger partial charge in [0.15, 0.2) is 0 Å². The van der Waals surface area contributed by atoms with Crippen molar-refractivity contribution < 1.29 is 4.74 Å². The molecule has 0 bridgehead atoms. The highest BCUT2D eigenvalue weighted by Crippen LogP contribution is 2.24. The summed E-state index contributed by atoms with van der Waals surface area (Å²) in [6.07, 6.45) is 3.74. The fourth-order valence-electron chi connectivity index (χ4n) is 2.77. The molecule has 0 spiro atoms. The summed E-state index contributed by atoms with van der Waals surface area (Å²) in [5.74, 6) is 0. The minimum Gasteiger partial charge on any atom is -0.380 e. The van der Waals surface area contributed by atoms with E-state index >= 15 is 0 Å².